The topological polar surface area (TPSA) is 97.1 Å². The van der Waals surface area contributed by atoms with Gasteiger partial charge >= 0.3 is 0 Å². The van der Waals surface area contributed by atoms with Crippen LogP contribution in [0.15, 0.2) is 30.5 Å². The Labute approximate surface area is 125 Å². The summed E-state index contributed by atoms with van der Waals surface area (Å²) in [5, 5.41) is 18.8. The van der Waals surface area contributed by atoms with Gasteiger partial charge in [0.05, 0.1) is 16.3 Å². The summed E-state index contributed by atoms with van der Waals surface area (Å²) in [5.41, 5.74) is 0.801. The first-order valence-corrected chi connectivity index (χ1v) is 6.56. The first kappa shape index (κ1) is 15.1. The van der Waals surface area contributed by atoms with Crippen LogP contribution in [0.3, 0.4) is 0 Å². The van der Waals surface area contributed by atoms with Crippen molar-refractivity contribution in [3.05, 3.63) is 46.7 Å². The molecule has 2 amide bonds. The number of nitrogens with zero attached hydrogens (tertiary/aromatic N) is 3. The third-order valence-electron chi connectivity index (χ3n) is 2.63. The number of rotatable bonds is 5. The Kier molecular flexibility index (Phi) is 5.02. The molecule has 0 aliphatic rings. The molecule has 0 radical (unpaired) electrons. The zero-order chi connectivity index (χ0) is 15.2. The van der Waals surface area contributed by atoms with Gasteiger partial charge in [0.25, 0.3) is 5.91 Å². The summed E-state index contributed by atoms with van der Waals surface area (Å²) in [5.74, 6) is -1.10. The SMILES string of the molecule is O=C(Cn1cc(CCO)nn1)NC(=O)c1ccccc1Cl. The highest BCUT2D eigenvalue weighted by molar-refractivity contribution is 6.34. The van der Waals surface area contributed by atoms with E-state index in [1.807, 2.05) is 0 Å². The molecule has 2 N–H and O–H groups in total. The van der Waals surface area contributed by atoms with Gasteiger partial charge in [-0.2, -0.15) is 0 Å². The minimum atomic E-state index is -0.568. The number of imide groups is 1. The summed E-state index contributed by atoms with van der Waals surface area (Å²) in [6.45, 7) is -0.190. The average Bonchev–Trinajstić information content (AvgIpc) is 2.86. The molecule has 0 saturated carbocycles. The Bertz CT molecular complexity index is 656. The summed E-state index contributed by atoms with van der Waals surface area (Å²) in [7, 11) is 0. The zero-order valence-corrected chi connectivity index (χ0v) is 11.7. The van der Waals surface area contributed by atoms with Crippen LogP contribution in [0.4, 0.5) is 0 Å². The predicted octanol–water partition coefficient (Wildman–Crippen LogP) is 0.423. The van der Waals surface area contributed by atoms with Crippen LogP contribution in [-0.2, 0) is 17.8 Å². The molecule has 1 heterocycles. The van der Waals surface area contributed by atoms with Crippen molar-refractivity contribution in [2.45, 2.75) is 13.0 Å². The van der Waals surface area contributed by atoms with Crippen molar-refractivity contribution in [2.75, 3.05) is 6.61 Å². The number of aliphatic hydroxyl groups excluding tert-OH is 1. The summed E-state index contributed by atoms with van der Waals surface area (Å²) < 4.78 is 1.29. The van der Waals surface area contributed by atoms with E-state index in [1.54, 1.807) is 18.2 Å². The number of aliphatic hydroxyl groups is 1. The molecule has 0 aliphatic carbocycles. The van der Waals surface area contributed by atoms with Gasteiger partial charge in [0.2, 0.25) is 5.91 Å². The number of hydrogen-bond donors (Lipinski definition) is 2. The Hall–Kier alpha value is -2.25. The largest absolute Gasteiger partial charge is 0.396 e. The Morgan fingerprint density at radius 1 is 1.33 bits per heavy atom. The Balaban J connectivity index is 1.95. The van der Waals surface area contributed by atoms with Crippen LogP contribution in [0.25, 0.3) is 0 Å². The summed E-state index contributed by atoms with van der Waals surface area (Å²) in [6.07, 6.45) is 1.90. The number of aromatic nitrogens is 3. The molecule has 110 valence electrons. The van der Waals surface area contributed by atoms with Gasteiger partial charge in [0.15, 0.2) is 0 Å². The van der Waals surface area contributed by atoms with Crippen molar-refractivity contribution in [2.24, 2.45) is 0 Å². The van der Waals surface area contributed by atoms with Crippen LogP contribution in [0.1, 0.15) is 16.1 Å². The number of carbonyl (C=O) groups excluding carboxylic acids is 2. The fourth-order valence-corrected chi connectivity index (χ4v) is 1.89. The van der Waals surface area contributed by atoms with Crippen LogP contribution in [0.2, 0.25) is 5.02 Å². The molecule has 0 spiro atoms. The number of halogens is 1. The molecule has 2 rings (SSSR count). The maximum atomic E-state index is 11.9. The lowest BCUT2D eigenvalue weighted by atomic mass is 10.2. The van der Waals surface area contributed by atoms with E-state index in [9.17, 15) is 9.59 Å². The van der Waals surface area contributed by atoms with E-state index in [2.05, 4.69) is 15.6 Å². The van der Waals surface area contributed by atoms with Gasteiger partial charge in [0, 0.05) is 19.2 Å². The summed E-state index contributed by atoms with van der Waals surface area (Å²) in [4.78, 5) is 23.6. The van der Waals surface area contributed by atoms with Gasteiger partial charge in [-0.1, -0.05) is 28.9 Å². The zero-order valence-electron chi connectivity index (χ0n) is 11.0. The molecule has 0 saturated heterocycles. The number of hydrogen-bond acceptors (Lipinski definition) is 5. The third-order valence-corrected chi connectivity index (χ3v) is 2.96. The van der Waals surface area contributed by atoms with Crippen LogP contribution in [-0.4, -0.2) is 38.5 Å². The quantitative estimate of drug-likeness (QED) is 0.834. The molecule has 0 aliphatic heterocycles. The van der Waals surface area contributed by atoms with Crippen LogP contribution < -0.4 is 5.32 Å². The molecule has 1 aromatic carbocycles. The third kappa shape index (κ3) is 4.11. The maximum absolute atomic E-state index is 11.9. The molecule has 1 aromatic heterocycles. The van der Waals surface area contributed by atoms with Gasteiger partial charge in [-0.15, -0.1) is 5.10 Å². The van der Waals surface area contributed by atoms with Crippen LogP contribution in [0, 0.1) is 0 Å². The highest BCUT2D eigenvalue weighted by Gasteiger charge is 2.14. The van der Waals surface area contributed by atoms with Gasteiger partial charge in [-0.3, -0.25) is 14.9 Å². The number of amides is 2. The minimum absolute atomic E-state index is 0.0458. The number of carbonyl (C=O) groups is 2. The monoisotopic (exact) mass is 308 g/mol. The molecule has 7 nitrogen and oxygen atoms in total. The predicted molar refractivity (Wildman–Crippen MR) is 74.7 cm³/mol. The van der Waals surface area contributed by atoms with E-state index < -0.39 is 11.8 Å². The van der Waals surface area contributed by atoms with E-state index in [-0.39, 0.29) is 23.7 Å². The average molecular weight is 309 g/mol. The summed E-state index contributed by atoms with van der Waals surface area (Å²) >= 11 is 5.88. The van der Waals surface area contributed by atoms with Crippen molar-refractivity contribution < 1.29 is 14.7 Å². The molecule has 21 heavy (non-hydrogen) atoms. The van der Waals surface area contributed by atoms with E-state index in [4.69, 9.17) is 16.7 Å². The highest BCUT2D eigenvalue weighted by atomic mass is 35.5. The van der Waals surface area contributed by atoms with Crippen molar-refractivity contribution in [3.8, 4) is 0 Å². The fourth-order valence-electron chi connectivity index (χ4n) is 1.67. The first-order chi connectivity index (χ1) is 10.1. The molecule has 0 atom stereocenters. The number of nitrogens with one attached hydrogen (secondary N) is 1. The van der Waals surface area contributed by atoms with Crippen molar-refractivity contribution in [1.29, 1.82) is 0 Å². The smallest absolute Gasteiger partial charge is 0.259 e. The van der Waals surface area contributed by atoms with Crippen molar-refractivity contribution in [1.82, 2.24) is 20.3 Å². The summed E-state index contributed by atoms with van der Waals surface area (Å²) in [6, 6.07) is 6.45. The second-order valence-electron chi connectivity index (χ2n) is 4.24. The van der Waals surface area contributed by atoms with Crippen molar-refractivity contribution in [3.63, 3.8) is 0 Å². The van der Waals surface area contributed by atoms with E-state index in [1.165, 1.54) is 16.9 Å². The van der Waals surface area contributed by atoms with E-state index >= 15 is 0 Å². The maximum Gasteiger partial charge on any atom is 0.259 e. The van der Waals surface area contributed by atoms with Crippen LogP contribution >= 0.6 is 11.6 Å². The van der Waals surface area contributed by atoms with Crippen molar-refractivity contribution >= 4 is 23.4 Å². The van der Waals surface area contributed by atoms with Gasteiger partial charge in [-0.05, 0) is 12.1 Å². The normalized spacial score (nSPS) is 10.4. The molecule has 0 bridgehead atoms. The molecular weight excluding hydrogens is 296 g/mol. The standard InChI is InChI=1S/C13H13ClN4O3/c14-11-4-2-1-3-10(11)13(21)15-12(20)8-18-7-9(5-6-19)16-17-18/h1-4,7,19H,5-6,8H2,(H,15,20,21). The lowest BCUT2D eigenvalue weighted by Crippen LogP contribution is -2.33. The molecule has 0 fully saturated rings. The first-order valence-electron chi connectivity index (χ1n) is 6.18. The van der Waals surface area contributed by atoms with Crippen LogP contribution in [0.5, 0.6) is 0 Å². The highest BCUT2D eigenvalue weighted by Crippen LogP contribution is 2.14. The lowest BCUT2D eigenvalue weighted by molar-refractivity contribution is -0.120. The lowest BCUT2D eigenvalue weighted by Gasteiger charge is -2.05. The molecule has 0 unspecified atom stereocenters. The Morgan fingerprint density at radius 2 is 2.10 bits per heavy atom. The van der Waals surface area contributed by atoms with Gasteiger partial charge < -0.3 is 5.11 Å². The van der Waals surface area contributed by atoms with Gasteiger partial charge in [-0.25, -0.2) is 4.68 Å². The van der Waals surface area contributed by atoms with Gasteiger partial charge in [0.1, 0.15) is 6.54 Å². The molecule has 8 heteroatoms. The molecular formula is C13H13ClN4O3. The Morgan fingerprint density at radius 3 is 2.81 bits per heavy atom. The number of benzene rings is 1. The fraction of sp³-hybridized carbons (Fsp3) is 0.231. The second kappa shape index (κ2) is 6.96. The van der Waals surface area contributed by atoms with E-state index in [0.717, 1.165) is 0 Å². The van der Waals surface area contributed by atoms with E-state index in [0.29, 0.717) is 12.1 Å². The molecule has 2 aromatic rings. The second-order valence-corrected chi connectivity index (χ2v) is 4.65. The minimum Gasteiger partial charge on any atom is -0.396 e.